The van der Waals surface area contributed by atoms with Crippen LogP contribution in [0.25, 0.3) is 0 Å². The second-order valence-corrected chi connectivity index (χ2v) is 4.83. The van der Waals surface area contributed by atoms with Gasteiger partial charge < -0.3 is 15.1 Å². The number of anilines is 1. The third kappa shape index (κ3) is 2.88. The van der Waals surface area contributed by atoms with Crippen LogP contribution in [0.3, 0.4) is 0 Å². The summed E-state index contributed by atoms with van der Waals surface area (Å²) in [6.45, 7) is 3.42. The summed E-state index contributed by atoms with van der Waals surface area (Å²) < 4.78 is 0. The van der Waals surface area contributed by atoms with Crippen LogP contribution in [-0.2, 0) is 0 Å². The van der Waals surface area contributed by atoms with Crippen LogP contribution in [0.2, 0.25) is 0 Å². The highest BCUT2D eigenvalue weighted by Crippen LogP contribution is 2.26. The number of benzene rings is 1. The number of nitrogens with zero attached hydrogens (tertiary/aromatic N) is 3. The monoisotopic (exact) mass is 278 g/mol. The topological polar surface area (TPSA) is 78.7 Å². The molecule has 0 radical (unpaired) electrons. The Hall–Kier alpha value is -2.15. The molecule has 1 aliphatic rings. The van der Waals surface area contributed by atoms with Crippen LogP contribution in [0, 0.1) is 10.1 Å². The van der Waals surface area contributed by atoms with Crippen molar-refractivity contribution in [2.45, 2.75) is 0 Å². The SMILES string of the molecule is CNC(=O)c1cc([N+](=O)[O-])ccc1N1CCN(C)CC1. The van der Waals surface area contributed by atoms with E-state index in [4.69, 9.17) is 0 Å². The quantitative estimate of drug-likeness (QED) is 0.650. The van der Waals surface area contributed by atoms with Gasteiger partial charge in [0.2, 0.25) is 0 Å². The molecule has 108 valence electrons. The van der Waals surface area contributed by atoms with Crippen LogP contribution in [0.4, 0.5) is 11.4 Å². The summed E-state index contributed by atoms with van der Waals surface area (Å²) in [5.74, 6) is -0.303. The van der Waals surface area contributed by atoms with Gasteiger partial charge in [-0.3, -0.25) is 14.9 Å². The second-order valence-electron chi connectivity index (χ2n) is 4.83. The number of nitro groups is 1. The molecular weight excluding hydrogens is 260 g/mol. The van der Waals surface area contributed by atoms with Crippen molar-refractivity contribution in [3.63, 3.8) is 0 Å². The maximum atomic E-state index is 11.9. The number of non-ortho nitro benzene ring substituents is 1. The molecule has 7 heteroatoms. The van der Waals surface area contributed by atoms with Crippen molar-refractivity contribution in [3.05, 3.63) is 33.9 Å². The van der Waals surface area contributed by atoms with Gasteiger partial charge in [0.25, 0.3) is 11.6 Å². The minimum atomic E-state index is -0.486. The average Bonchev–Trinajstić information content (AvgIpc) is 2.46. The van der Waals surface area contributed by atoms with Crippen LogP contribution in [0.15, 0.2) is 18.2 Å². The summed E-state index contributed by atoms with van der Waals surface area (Å²) in [5.41, 5.74) is 1.04. The first-order valence-corrected chi connectivity index (χ1v) is 6.47. The molecule has 20 heavy (non-hydrogen) atoms. The average molecular weight is 278 g/mol. The molecular formula is C13H18N4O3. The van der Waals surface area contributed by atoms with Crippen LogP contribution < -0.4 is 10.2 Å². The Bertz CT molecular complexity index is 524. The molecule has 0 aromatic heterocycles. The van der Waals surface area contributed by atoms with Crippen molar-refractivity contribution in [1.29, 1.82) is 0 Å². The lowest BCUT2D eigenvalue weighted by atomic mass is 10.1. The predicted octanol–water partition coefficient (Wildman–Crippen LogP) is 0.706. The van der Waals surface area contributed by atoms with Crippen LogP contribution in [-0.4, -0.2) is 56.0 Å². The molecule has 1 saturated heterocycles. The molecule has 1 amide bonds. The fourth-order valence-electron chi connectivity index (χ4n) is 2.28. The van der Waals surface area contributed by atoms with E-state index in [9.17, 15) is 14.9 Å². The zero-order chi connectivity index (χ0) is 14.7. The Labute approximate surface area is 117 Å². The summed E-state index contributed by atoms with van der Waals surface area (Å²) in [7, 11) is 3.57. The van der Waals surface area contributed by atoms with Gasteiger partial charge >= 0.3 is 0 Å². The van der Waals surface area contributed by atoms with E-state index in [1.165, 1.54) is 19.2 Å². The Kier molecular flexibility index (Phi) is 4.19. The van der Waals surface area contributed by atoms with Gasteiger partial charge in [0.1, 0.15) is 0 Å². The van der Waals surface area contributed by atoms with Crippen molar-refractivity contribution < 1.29 is 9.72 Å². The number of amides is 1. The molecule has 0 atom stereocenters. The van der Waals surface area contributed by atoms with Crippen LogP contribution in [0.1, 0.15) is 10.4 Å². The number of rotatable bonds is 3. The standard InChI is InChI=1S/C13H18N4O3/c1-14-13(18)11-9-10(17(19)20)3-4-12(11)16-7-5-15(2)6-8-16/h3-4,9H,5-8H2,1-2H3,(H,14,18). The van der Waals surface area contributed by atoms with Gasteiger partial charge in [0.15, 0.2) is 0 Å². The fourth-order valence-corrected chi connectivity index (χ4v) is 2.28. The lowest BCUT2D eigenvalue weighted by molar-refractivity contribution is -0.384. The predicted molar refractivity (Wildman–Crippen MR) is 76.2 cm³/mol. The number of carbonyl (C=O) groups excluding carboxylic acids is 1. The fraction of sp³-hybridized carbons (Fsp3) is 0.462. The lowest BCUT2D eigenvalue weighted by Gasteiger charge is -2.34. The van der Waals surface area contributed by atoms with E-state index in [1.54, 1.807) is 6.07 Å². The number of likely N-dealkylation sites (N-methyl/N-ethyl adjacent to an activating group) is 1. The van der Waals surface area contributed by atoms with E-state index in [1.807, 2.05) is 7.05 Å². The van der Waals surface area contributed by atoms with Crippen molar-refractivity contribution in [2.24, 2.45) is 0 Å². The van der Waals surface area contributed by atoms with Gasteiger partial charge in [0.05, 0.1) is 16.2 Å². The summed E-state index contributed by atoms with van der Waals surface area (Å²) in [6, 6.07) is 4.45. The maximum Gasteiger partial charge on any atom is 0.270 e. The van der Waals surface area contributed by atoms with Gasteiger partial charge in [-0.15, -0.1) is 0 Å². The minimum absolute atomic E-state index is 0.0681. The zero-order valence-electron chi connectivity index (χ0n) is 11.6. The molecule has 1 aromatic rings. The Morgan fingerprint density at radius 1 is 1.30 bits per heavy atom. The summed E-state index contributed by atoms with van der Waals surface area (Å²) in [5, 5.41) is 13.4. The number of hydrogen-bond acceptors (Lipinski definition) is 5. The molecule has 1 aromatic carbocycles. The molecule has 0 unspecified atom stereocenters. The molecule has 1 heterocycles. The highest BCUT2D eigenvalue weighted by Gasteiger charge is 2.22. The number of carbonyl (C=O) groups is 1. The first kappa shape index (κ1) is 14.3. The third-order valence-electron chi connectivity index (χ3n) is 3.51. The Balaban J connectivity index is 2.36. The molecule has 1 aliphatic heterocycles. The first-order chi connectivity index (χ1) is 9.52. The van der Waals surface area contributed by atoms with Crippen molar-refractivity contribution in [3.8, 4) is 0 Å². The van der Waals surface area contributed by atoms with Crippen molar-refractivity contribution >= 4 is 17.3 Å². The molecule has 0 aliphatic carbocycles. The van der Waals surface area contributed by atoms with E-state index in [2.05, 4.69) is 15.1 Å². The number of hydrogen-bond donors (Lipinski definition) is 1. The van der Waals surface area contributed by atoms with E-state index in [0.717, 1.165) is 31.9 Å². The van der Waals surface area contributed by atoms with Gasteiger partial charge in [-0.05, 0) is 13.1 Å². The van der Waals surface area contributed by atoms with Crippen molar-refractivity contribution in [1.82, 2.24) is 10.2 Å². The summed E-state index contributed by atoms with van der Waals surface area (Å²) >= 11 is 0. The summed E-state index contributed by atoms with van der Waals surface area (Å²) in [6.07, 6.45) is 0. The first-order valence-electron chi connectivity index (χ1n) is 6.47. The largest absolute Gasteiger partial charge is 0.368 e. The van der Waals surface area contributed by atoms with Gasteiger partial charge in [0, 0.05) is 45.4 Å². The smallest absolute Gasteiger partial charge is 0.270 e. The maximum absolute atomic E-state index is 11.9. The Morgan fingerprint density at radius 3 is 2.50 bits per heavy atom. The zero-order valence-corrected chi connectivity index (χ0v) is 11.6. The highest BCUT2D eigenvalue weighted by atomic mass is 16.6. The van der Waals surface area contributed by atoms with Gasteiger partial charge in [-0.25, -0.2) is 0 Å². The van der Waals surface area contributed by atoms with Gasteiger partial charge in [-0.2, -0.15) is 0 Å². The molecule has 0 spiro atoms. The molecule has 0 bridgehead atoms. The Morgan fingerprint density at radius 2 is 1.95 bits per heavy atom. The van der Waals surface area contributed by atoms with Crippen LogP contribution >= 0.6 is 0 Å². The third-order valence-corrected chi connectivity index (χ3v) is 3.51. The molecule has 2 rings (SSSR count). The normalized spacial score (nSPS) is 16.0. The number of nitro benzene ring substituents is 1. The number of piperazine rings is 1. The number of nitrogens with one attached hydrogen (secondary N) is 1. The minimum Gasteiger partial charge on any atom is -0.368 e. The molecule has 7 nitrogen and oxygen atoms in total. The van der Waals surface area contributed by atoms with Gasteiger partial charge in [-0.1, -0.05) is 0 Å². The lowest BCUT2D eigenvalue weighted by Crippen LogP contribution is -2.45. The van der Waals surface area contributed by atoms with E-state index < -0.39 is 4.92 Å². The molecule has 1 N–H and O–H groups in total. The van der Waals surface area contributed by atoms with E-state index >= 15 is 0 Å². The van der Waals surface area contributed by atoms with E-state index in [0.29, 0.717) is 5.56 Å². The molecule has 0 saturated carbocycles. The van der Waals surface area contributed by atoms with Crippen LogP contribution in [0.5, 0.6) is 0 Å². The second kappa shape index (κ2) is 5.87. The van der Waals surface area contributed by atoms with Crippen molar-refractivity contribution in [2.75, 3.05) is 45.2 Å². The highest BCUT2D eigenvalue weighted by molar-refractivity contribution is 6.00. The summed E-state index contributed by atoms with van der Waals surface area (Å²) in [4.78, 5) is 26.6. The molecule has 1 fully saturated rings. The van der Waals surface area contributed by atoms with E-state index in [-0.39, 0.29) is 11.6 Å².